The molecule has 6 nitrogen and oxygen atoms in total. The van der Waals surface area contributed by atoms with Gasteiger partial charge in [-0.05, 0) is 37.3 Å². The number of hydrogen-bond donors (Lipinski definition) is 2. The Bertz CT molecular complexity index is 590. The fourth-order valence-electron chi connectivity index (χ4n) is 1.68. The van der Waals surface area contributed by atoms with Crippen molar-refractivity contribution in [1.29, 1.82) is 0 Å². The van der Waals surface area contributed by atoms with E-state index in [4.69, 9.17) is 19.7 Å². The number of furan rings is 1. The minimum absolute atomic E-state index is 0.165. The Balaban J connectivity index is 2.02. The van der Waals surface area contributed by atoms with E-state index in [-0.39, 0.29) is 5.76 Å². The number of rotatable bonds is 5. The summed E-state index contributed by atoms with van der Waals surface area (Å²) >= 11 is 0. The number of ether oxygens (including phenoxy) is 2. The highest BCUT2D eigenvalue weighted by molar-refractivity contribution is 5.91. The molecule has 3 N–H and O–H groups in total. The molecular weight excluding hydrogens is 260 g/mol. The molecule has 0 aliphatic carbocycles. The third-order valence-corrected chi connectivity index (χ3v) is 2.83. The highest BCUT2D eigenvalue weighted by Crippen LogP contribution is 2.20. The maximum absolute atomic E-state index is 11.3. The second-order valence-electron chi connectivity index (χ2n) is 4.13. The van der Waals surface area contributed by atoms with Gasteiger partial charge in [-0.1, -0.05) is 0 Å². The molecule has 0 radical (unpaired) electrons. The van der Waals surface area contributed by atoms with Gasteiger partial charge in [0.25, 0.3) is 0 Å². The van der Waals surface area contributed by atoms with Crippen LogP contribution >= 0.6 is 0 Å². The number of benzene rings is 1. The molecule has 0 fully saturated rings. The summed E-state index contributed by atoms with van der Waals surface area (Å²) in [5, 5.41) is 0. The van der Waals surface area contributed by atoms with Crippen molar-refractivity contribution >= 4 is 5.91 Å². The predicted molar refractivity (Wildman–Crippen MR) is 72.4 cm³/mol. The summed E-state index contributed by atoms with van der Waals surface area (Å²) in [4.78, 5) is 11.3. The number of methoxy groups -OCH3 is 1. The molecule has 20 heavy (non-hydrogen) atoms. The lowest BCUT2D eigenvalue weighted by molar-refractivity contribution is 0.0924. The number of nitrogen functional groups attached to an aromatic ring is 1. The lowest BCUT2D eigenvalue weighted by atomic mass is 10.2. The van der Waals surface area contributed by atoms with E-state index in [1.165, 1.54) is 0 Å². The Labute approximate surface area is 116 Å². The molecule has 1 amide bonds. The van der Waals surface area contributed by atoms with Gasteiger partial charge in [0.2, 0.25) is 0 Å². The minimum atomic E-state index is -0.469. The number of amides is 1. The molecule has 0 aliphatic heterocycles. The van der Waals surface area contributed by atoms with Crippen molar-refractivity contribution in [2.24, 2.45) is 5.84 Å². The van der Waals surface area contributed by atoms with Crippen LogP contribution in [-0.2, 0) is 6.61 Å². The van der Waals surface area contributed by atoms with Gasteiger partial charge in [0, 0.05) is 5.56 Å². The van der Waals surface area contributed by atoms with Gasteiger partial charge in [-0.2, -0.15) is 0 Å². The molecule has 2 aromatic rings. The quantitative estimate of drug-likeness (QED) is 0.494. The lowest BCUT2D eigenvalue weighted by Crippen LogP contribution is -2.29. The number of carbonyl (C=O) groups is 1. The Hall–Kier alpha value is -2.47. The minimum Gasteiger partial charge on any atom is -0.497 e. The van der Waals surface area contributed by atoms with Crippen LogP contribution < -0.4 is 20.7 Å². The van der Waals surface area contributed by atoms with E-state index in [9.17, 15) is 4.79 Å². The number of aryl methyl sites for hydroxylation is 1. The van der Waals surface area contributed by atoms with Crippen LogP contribution in [0.5, 0.6) is 11.5 Å². The SMILES string of the molecule is COc1ccc(OCc2cc(C(=O)NN)oc2C)cc1. The van der Waals surface area contributed by atoms with Gasteiger partial charge >= 0.3 is 5.91 Å². The average molecular weight is 276 g/mol. The highest BCUT2D eigenvalue weighted by Gasteiger charge is 2.13. The summed E-state index contributed by atoms with van der Waals surface area (Å²) < 4.78 is 16.0. The molecule has 0 unspecified atom stereocenters. The summed E-state index contributed by atoms with van der Waals surface area (Å²) in [5.74, 6) is 6.84. The first-order chi connectivity index (χ1) is 9.63. The van der Waals surface area contributed by atoms with Gasteiger partial charge in [0.15, 0.2) is 5.76 Å². The van der Waals surface area contributed by atoms with Crippen LogP contribution in [0.15, 0.2) is 34.7 Å². The van der Waals surface area contributed by atoms with Crippen LogP contribution in [0.2, 0.25) is 0 Å². The van der Waals surface area contributed by atoms with Crippen molar-refractivity contribution in [3.63, 3.8) is 0 Å². The number of nitrogens with one attached hydrogen (secondary N) is 1. The molecule has 0 spiro atoms. The van der Waals surface area contributed by atoms with E-state index in [0.29, 0.717) is 18.1 Å². The normalized spacial score (nSPS) is 10.2. The molecule has 1 aromatic heterocycles. The lowest BCUT2D eigenvalue weighted by Gasteiger charge is -2.06. The van der Waals surface area contributed by atoms with Crippen molar-refractivity contribution in [1.82, 2.24) is 5.43 Å². The third kappa shape index (κ3) is 3.10. The highest BCUT2D eigenvalue weighted by atomic mass is 16.5. The molecular formula is C14H16N2O4. The van der Waals surface area contributed by atoms with E-state index in [1.54, 1.807) is 20.1 Å². The first kappa shape index (κ1) is 14.0. The maximum atomic E-state index is 11.3. The van der Waals surface area contributed by atoms with E-state index in [1.807, 2.05) is 29.7 Å². The summed E-state index contributed by atoms with van der Waals surface area (Å²) in [5.41, 5.74) is 2.81. The van der Waals surface area contributed by atoms with Crippen LogP contribution in [0.3, 0.4) is 0 Å². The predicted octanol–water partition coefficient (Wildman–Crippen LogP) is 1.78. The van der Waals surface area contributed by atoms with E-state index < -0.39 is 5.91 Å². The average Bonchev–Trinajstić information content (AvgIpc) is 2.86. The second-order valence-corrected chi connectivity index (χ2v) is 4.13. The zero-order valence-electron chi connectivity index (χ0n) is 11.3. The van der Waals surface area contributed by atoms with Crippen LogP contribution in [0.25, 0.3) is 0 Å². The Morgan fingerprint density at radius 2 is 1.95 bits per heavy atom. The Morgan fingerprint density at radius 1 is 1.30 bits per heavy atom. The molecule has 2 rings (SSSR count). The topological polar surface area (TPSA) is 86.7 Å². The fraction of sp³-hybridized carbons (Fsp3) is 0.214. The number of hydrogen-bond acceptors (Lipinski definition) is 5. The number of carbonyl (C=O) groups excluding carboxylic acids is 1. The Kier molecular flexibility index (Phi) is 4.27. The van der Waals surface area contributed by atoms with Crippen molar-refractivity contribution in [3.8, 4) is 11.5 Å². The van der Waals surface area contributed by atoms with E-state index in [2.05, 4.69) is 0 Å². The van der Waals surface area contributed by atoms with Crippen LogP contribution in [0, 0.1) is 6.92 Å². The van der Waals surface area contributed by atoms with Gasteiger partial charge in [-0.25, -0.2) is 5.84 Å². The van der Waals surface area contributed by atoms with E-state index >= 15 is 0 Å². The fourth-order valence-corrected chi connectivity index (χ4v) is 1.68. The third-order valence-electron chi connectivity index (χ3n) is 2.83. The summed E-state index contributed by atoms with van der Waals surface area (Å²) in [6, 6.07) is 8.85. The van der Waals surface area contributed by atoms with Crippen LogP contribution in [0.4, 0.5) is 0 Å². The van der Waals surface area contributed by atoms with Gasteiger partial charge in [0.1, 0.15) is 23.9 Å². The van der Waals surface area contributed by atoms with Crippen molar-refractivity contribution in [2.75, 3.05) is 7.11 Å². The molecule has 6 heteroatoms. The Morgan fingerprint density at radius 3 is 2.55 bits per heavy atom. The monoisotopic (exact) mass is 276 g/mol. The number of hydrazine groups is 1. The smallest absolute Gasteiger partial charge is 0.300 e. The molecule has 0 bridgehead atoms. The first-order valence-corrected chi connectivity index (χ1v) is 6.01. The molecule has 0 saturated carbocycles. The van der Waals surface area contributed by atoms with Crippen LogP contribution in [-0.4, -0.2) is 13.0 Å². The zero-order valence-corrected chi connectivity index (χ0v) is 11.3. The molecule has 106 valence electrons. The summed E-state index contributed by atoms with van der Waals surface area (Å²) in [6.07, 6.45) is 0. The van der Waals surface area contributed by atoms with Gasteiger partial charge in [-0.15, -0.1) is 0 Å². The molecule has 0 atom stereocenters. The zero-order chi connectivity index (χ0) is 14.5. The van der Waals surface area contributed by atoms with Crippen molar-refractivity contribution < 1.29 is 18.7 Å². The number of nitrogens with two attached hydrogens (primary N) is 1. The largest absolute Gasteiger partial charge is 0.497 e. The van der Waals surface area contributed by atoms with Crippen molar-refractivity contribution in [3.05, 3.63) is 47.4 Å². The standard InChI is InChI=1S/C14H16N2O4/c1-9-10(7-13(20-9)14(17)16-15)8-19-12-5-3-11(18-2)4-6-12/h3-7H,8,15H2,1-2H3,(H,16,17). The maximum Gasteiger partial charge on any atom is 0.300 e. The molecule has 0 aliphatic rings. The second kappa shape index (κ2) is 6.12. The molecule has 1 heterocycles. The summed E-state index contributed by atoms with van der Waals surface area (Å²) in [6.45, 7) is 2.07. The van der Waals surface area contributed by atoms with Gasteiger partial charge in [0.05, 0.1) is 7.11 Å². The van der Waals surface area contributed by atoms with E-state index in [0.717, 1.165) is 11.3 Å². The first-order valence-electron chi connectivity index (χ1n) is 6.01. The summed E-state index contributed by atoms with van der Waals surface area (Å²) in [7, 11) is 1.61. The van der Waals surface area contributed by atoms with Gasteiger partial charge in [-0.3, -0.25) is 10.2 Å². The molecule has 0 saturated heterocycles. The van der Waals surface area contributed by atoms with Gasteiger partial charge < -0.3 is 13.9 Å². The van der Waals surface area contributed by atoms with Crippen LogP contribution in [0.1, 0.15) is 21.9 Å². The molecule has 1 aromatic carbocycles. The van der Waals surface area contributed by atoms with Crippen molar-refractivity contribution in [2.45, 2.75) is 13.5 Å².